The highest BCUT2D eigenvalue weighted by Crippen LogP contribution is 2.25. The Labute approximate surface area is 97.4 Å². The lowest BCUT2D eigenvalue weighted by Crippen LogP contribution is -2.18. The lowest BCUT2D eigenvalue weighted by atomic mass is 9.96. The molecule has 0 aliphatic heterocycles. The van der Waals surface area contributed by atoms with Crippen LogP contribution >= 0.6 is 0 Å². The minimum atomic E-state index is 0.0774. The Kier molecular flexibility index (Phi) is 3.81. The van der Waals surface area contributed by atoms with Crippen LogP contribution in [-0.4, -0.2) is 11.9 Å². The molecule has 0 aromatic heterocycles. The van der Waals surface area contributed by atoms with Crippen molar-refractivity contribution in [2.45, 2.75) is 58.0 Å². The fourth-order valence-electron chi connectivity index (χ4n) is 2.34. The van der Waals surface area contributed by atoms with Crippen molar-refractivity contribution in [3.63, 3.8) is 0 Å². The first-order valence-electron chi connectivity index (χ1n) is 6.36. The van der Waals surface area contributed by atoms with Gasteiger partial charge in [0.1, 0.15) is 6.10 Å². The molecule has 0 radical (unpaired) electrons. The van der Waals surface area contributed by atoms with E-state index in [-0.39, 0.29) is 11.9 Å². The summed E-state index contributed by atoms with van der Waals surface area (Å²) in [6.45, 7) is 2.06. The van der Waals surface area contributed by atoms with Crippen molar-refractivity contribution >= 4 is 5.78 Å². The van der Waals surface area contributed by atoms with Gasteiger partial charge in [-0.1, -0.05) is 6.08 Å². The van der Waals surface area contributed by atoms with Crippen LogP contribution < -0.4 is 0 Å². The number of hydrogen-bond donors (Lipinski definition) is 0. The molecule has 2 heteroatoms. The van der Waals surface area contributed by atoms with Gasteiger partial charge in [-0.05, 0) is 57.1 Å². The fraction of sp³-hybridized carbons (Fsp3) is 0.643. The van der Waals surface area contributed by atoms with Crippen molar-refractivity contribution < 1.29 is 9.53 Å². The number of rotatable bonds is 3. The highest BCUT2D eigenvalue weighted by molar-refractivity contribution is 5.94. The van der Waals surface area contributed by atoms with E-state index in [2.05, 4.69) is 13.0 Å². The zero-order chi connectivity index (χ0) is 11.4. The number of ether oxygens (including phenoxy) is 1. The standard InChI is InChI=1S/C14H20O2/c1-11(12-7-3-2-4-8-12)16-14-10-6-5-9-13(14)15/h7,10-11H,2-6,8-9H2,1H3/t11-/m1/s1. The third kappa shape index (κ3) is 2.75. The minimum absolute atomic E-state index is 0.0774. The summed E-state index contributed by atoms with van der Waals surface area (Å²) in [7, 11) is 0. The van der Waals surface area contributed by atoms with Gasteiger partial charge in [0.05, 0.1) is 0 Å². The SMILES string of the molecule is C[C@@H](OC1=CCCCC1=O)C1=CCCCC1. The van der Waals surface area contributed by atoms with Crippen molar-refractivity contribution in [2.24, 2.45) is 0 Å². The van der Waals surface area contributed by atoms with Crippen LogP contribution in [0.2, 0.25) is 0 Å². The maximum absolute atomic E-state index is 11.6. The Morgan fingerprint density at radius 2 is 1.94 bits per heavy atom. The molecule has 2 aliphatic rings. The van der Waals surface area contributed by atoms with E-state index < -0.39 is 0 Å². The summed E-state index contributed by atoms with van der Waals surface area (Å²) >= 11 is 0. The van der Waals surface area contributed by atoms with Crippen LogP contribution in [0, 0.1) is 0 Å². The molecular weight excluding hydrogens is 200 g/mol. The molecule has 2 aliphatic carbocycles. The molecule has 0 heterocycles. The third-order valence-corrected chi connectivity index (χ3v) is 3.36. The molecule has 16 heavy (non-hydrogen) atoms. The van der Waals surface area contributed by atoms with Crippen LogP contribution in [0.4, 0.5) is 0 Å². The monoisotopic (exact) mass is 220 g/mol. The number of carbonyl (C=O) groups is 1. The molecule has 2 rings (SSSR count). The zero-order valence-corrected chi connectivity index (χ0v) is 10.00. The topological polar surface area (TPSA) is 26.3 Å². The summed E-state index contributed by atoms with van der Waals surface area (Å²) in [5.41, 5.74) is 1.37. The molecule has 2 nitrogen and oxygen atoms in total. The predicted octanol–water partition coefficient (Wildman–Crippen LogP) is 3.53. The van der Waals surface area contributed by atoms with Crippen LogP contribution in [0.5, 0.6) is 0 Å². The molecule has 0 N–H and O–H groups in total. The Morgan fingerprint density at radius 3 is 2.62 bits per heavy atom. The summed E-state index contributed by atoms with van der Waals surface area (Å²) in [6.07, 6.45) is 11.7. The Balaban J connectivity index is 1.95. The van der Waals surface area contributed by atoms with Crippen molar-refractivity contribution in [2.75, 3.05) is 0 Å². The van der Waals surface area contributed by atoms with E-state index in [0.717, 1.165) is 25.7 Å². The van der Waals surface area contributed by atoms with E-state index in [1.807, 2.05) is 6.08 Å². The van der Waals surface area contributed by atoms with Crippen molar-refractivity contribution in [1.82, 2.24) is 0 Å². The van der Waals surface area contributed by atoms with Gasteiger partial charge in [0.15, 0.2) is 11.5 Å². The summed E-state index contributed by atoms with van der Waals surface area (Å²) in [4.78, 5) is 11.6. The minimum Gasteiger partial charge on any atom is -0.483 e. The van der Waals surface area contributed by atoms with Crippen LogP contribution in [0.15, 0.2) is 23.5 Å². The molecule has 0 bridgehead atoms. The first-order chi connectivity index (χ1) is 7.77. The molecule has 0 saturated carbocycles. The van der Waals surface area contributed by atoms with Crippen LogP contribution in [0.1, 0.15) is 51.9 Å². The molecule has 1 atom stereocenters. The first-order valence-corrected chi connectivity index (χ1v) is 6.36. The lowest BCUT2D eigenvalue weighted by Gasteiger charge is -2.23. The van der Waals surface area contributed by atoms with Gasteiger partial charge in [-0.2, -0.15) is 0 Å². The summed E-state index contributed by atoms with van der Waals surface area (Å²) in [5.74, 6) is 0.778. The summed E-state index contributed by atoms with van der Waals surface area (Å²) in [5, 5.41) is 0. The van der Waals surface area contributed by atoms with Crippen LogP contribution in [0.3, 0.4) is 0 Å². The second-order valence-corrected chi connectivity index (χ2v) is 4.67. The van der Waals surface area contributed by atoms with Crippen molar-refractivity contribution in [3.05, 3.63) is 23.5 Å². The Bertz CT molecular complexity index is 326. The number of allylic oxidation sites excluding steroid dienone is 3. The van der Waals surface area contributed by atoms with Gasteiger partial charge in [-0.3, -0.25) is 4.79 Å². The van der Waals surface area contributed by atoms with Crippen LogP contribution in [0.25, 0.3) is 0 Å². The highest BCUT2D eigenvalue weighted by atomic mass is 16.5. The Morgan fingerprint density at radius 1 is 1.12 bits per heavy atom. The van der Waals surface area contributed by atoms with Gasteiger partial charge in [0.25, 0.3) is 0 Å². The van der Waals surface area contributed by atoms with E-state index in [9.17, 15) is 4.79 Å². The molecular formula is C14H20O2. The van der Waals surface area contributed by atoms with Gasteiger partial charge in [-0.15, -0.1) is 0 Å². The first kappa shape index (κ1) is 11.4. The summed E-state index contributed by atoms with van der Waals surface area (Å²) in [6, 6.07) is 0. The van der Waals surface area contributed by atoms with E-state index in [4.69, 9.17) is 4.74 Å². The quantitative estimate of drug-likeness (QED) is 0.680. The van der Waals surface area contributed by atoms with Gasteiger partial charge in [0, 0.05) is 6.42 Å². The maximum atomic E-state index is 11.6. The zero-order valence-electron chi connectivity index (χ0n) is 10.00. The van der Waals surface area contributed by atoms with Gasteiger partial charge < -0.3 is 4.74 Å². The number of ketones is 1. The largest absolute Gasteiger partial charge is 0.483 e. The fourth-order valence-corrected chi connectivity index (χ4v) is 2.34. The normalized spacial score (nSPS) is 23.4. The molecule has 0 unspecified atom stereocenters. The van der Waals surface area contributed by atoms with Crippen LogP contribution in [-0.2, 0) is 9.53 Å². The number of hydrogen-bond acceptors (Lipinski definition) is 2. The van der Waals surface area contributed by atoms with Gasteiger partial charge in [-0.25, -0.2) is 0 Å². The number of Topliss-reactive ketones (excluding diaryl/α,β-unsaturated/α-hetero) is 1. The average Bonchev–Trinajstić information content (AvgIpc) is 2.33. The molecule has 0 saturated heterocycles. The molecule has 0 aromatic rings. The highest BCUT2D eigenvalue weighted by Gasteiger charge is 2.19. The third-order valence-electron chi connectivity index (χ3n) is 3.36. The second-order valence-electron chi connectivity index (χ2n) is 4.67. The van der Waals surface area contributed by atoms with E-state index in [0.29, 0.717) is 12.2 Å². The predicted molar refractivity (Wildman–Crippen MR) is 64.0 cm³/mol. The van der Waals surface area contributed by atoms with E-state index >= 15 is 0 Å². The summed E-state index contributed by atoms with van der Waals surface area (Å²) < 4.78 is 5.79. The second kappa shape index (κ2) is 5.33. The van der Waals surface area contributed by atoms with Gasteiger partial charge >= 0.3 is 0 Å². The van der Waals surface area contributed by atoms with Gasteiger partial charge in [0.2, 0.25) is 0 Å². The van der Waals surface area contributed by atoms with E-state index in [1.165, 1.54) is 18.4 Å². The van der Waals surface area contributed by atoms with E-state index in [1.54, 1.807) is 0 Å². The lowest BCUT2D eigenvalue weighted by molar-refractivity contribution is -0.120. The Hall–Kier alpha value is -1.05. The molecule has 0 aromatic carbocycles. The molecule has 88 valence electrons. The maximum Gasteiger partial charge on any atom is 0.197 e. The average molecular weight is 220 g/mol. The smallest absolute Gasteiger partial charge is 0.197 e. The molecule has 0 amide bonds. The number of carbonyl (C=O) groups excluding carboxylic acids is 1. The molecule has 0 spiro atoms. The molecule has 0 fully saturated rings. The van der Waals surface area contributed by atoms with Crippen molar-refractivity contribution in [1.29, 1.82) is 0 Å². The van der Waals surface area contributed by atoms with Crippen molar-refractivity contribution in [3.8, 4) is 0 Å².